The molecular formula is C26H28N4O3S. The van der Waals surface area contributed by atoms with Crippen molar-refractivity contribution in [2.75, 3.05) is 11.9 Å². The minimum Gasteiger partial charge on any atom is -0.452 e. The zero-order chi connectivity index (χ0) is 24.4. The monoisotopic (exact) mass is 476 g/mol. The highest BCUT2D eigenvalue weighted by molar-refractivity contribution is 7.09. The molecule has 0 radical (unpaired) electrons. The molecule has 0 aliphatic carbocycles. The third kappa shape index (κ3) is 4.82. The second-order valence-electron chi connectivity index (χ2n) is 8.37. The average Bonchev–Trinajstić information content (AvgIpc) is 3.50. The van der Waals surface area contributed by atoms with Crippen molar-refractivity contribution in [2.24, 2.45) is 0 Å². The molecule has 0 fully saturated rings. The van der Waals surface area contributed by atoms with Crippen LogP contribution in [0.4, 0.5) is 5.69 Å². The first-order valence-electron chi connectivity index (χ1n) is 11.0. The molecule has 0 aliphatic rings. The SMILES string of the molecule is Cc1ccc(-n2nc(C)c(NC(=O)COC(=O)c3cc(C)n(Cc4cccs4)c3C)c2C)cc1. The molecule has 1 aromatic carbocycles. The van der Waals surface area contributed by atoms with Crippen LogP contribution in [0.5, 0.6) is 0 Å². The summed E-state index contributed by atoms with van der Waals surface area (Å²) < 4.78 is 9.21. The van der Waals surface area contributed by atoms with E-state index in [-0.39, 0.29) is 6.61 Å². The molecular weight excluding hydrogens is 448 g/mol. The molecule has 1 amide bonds. The highest BCUT2D eigenvalue weighted by Crippen LogP contribution is 2.23. The average molecular weight is 477 g/mol. The quantitative estimate of drug-likeness (QED) is 0.376. The number of rotatable bonds is 7. The van der Waals surface area contributed by atoms with Crippen molar-refractivity contribution < 1.29 is 14.3 Å². The minimum absolute atomic E-state index is 0.373. The number of nitrogens with zero attached hydrogens (tertiary/aromatic N) is 3. The van der Waals surface area contributed by atoms with E-state index in [1.165, 1.54) is 4.88 Å². The van der Waals surface area contributed by atoms with Crippen LogP contribution in [0.15, 0.2) is 47.8 Å². The Labute approximate surface area is 203 Å². The van der Waals surface area contributed by atoms with Gasteiger partial charge in [0, 0.05) is 16.3 Å². The van der Waals surface area contributed by atoms with Gasteiger partial charge in [-0.25, -0.2) is 9.48 Å². The number of amides is 1. The van der Waals surface area contributed by atoms with E-state index in [1.807, 2.05) is 76.4 Å². The molecule has 4 rings (SSSR count). The van der Waals surface area contributed by atoms with Crippen molar-refractivity contribution >= 4 is 28.9 Å². The topological polar surface area (TPSA) is 78.2 Å². The number of hydrogen-bond acceptors (Lipinski definition) is 5. The van der Waals surface area contributed by atoms with Crippen LogP contribution < -0.4 is 5.32 Å². The second kappa shape index (κ2) is 9.69. The summed E-state index contributed by atoms with van der Waals surface area (Å²) in [6.07, 6.45) is 0. The summed E-state index contributed by atoms with van der Waals surface area (Å²) in [7, 11) is 0. The normalized spacial score (nSPS) is 11.0. The fourth-order valence-corrected chi connectivity index (χ4v) is 4.65. The maximum Gasteiger partial charge on any atom is 0.340 e. The molecule has 0 saturated heterocycles. The minimum atomic E-state index is -0.510. The van der Waals surface area contributed by atoms with Gasteiger partial charge in [-0.3, -0.25) is 4.79 Å². The lowest BCUT2D eigenvalue weighted by Crippen LogP contribution is -2.21. The van der Waals surface area contributed by atoms with Crippen LogP contribution >= 0.6 is 11.3 Å². The molecule has 0 aliphatic heterocycles. The Morgan fingerprint density at radius 1 is 1.03 bits per heavy atom. The highest BCUT2D eigenvalue weighted by Gasteiger charge is 2.20. The Bertz CT molecular complexity index is 1330. The van der Waals surface area contributed by atoms with E-state index in [9.17, 15) is 9.59 Å². The lowest BCUT2D eigenvalue weighted by molar-refractivity contribution is -0.119. The van der Waals surface area contributed by atoms with E-state index in [4.69, 9.17) is 4.74 Å². The number of ether oxygens (including phenoxy) is 1. The lowest BCUT2D eigenvalue weighted by atomic mass is 10.2. The second-order valence-corrected chi connectivity index (χ2v) is 9.40. The number of carbonyl (C=O) groups is 2. The number of benzene rings is 1. The molecule has 3 heterocycles. The standard InChI is InChI=1S/C26H28N4O3S/c1-16-8-10-21(11-9-16)30-20(5)25(18(3)28-30)27-24(31)15-33-26(32)23-13-17(2)29(19(23)4)14-22-7-6-12-34-22/h6-13H,14-15H2,1-5H3,(H,27,31). The van der Waals surface area contributed by atoms with Gasteiger partial charge in [-0.2, -0.15) is 5.10 Å². The van der Waals surface area contributed by atoms with E-state index in [0.29, 0.717) is 23.5 Å². The summed E-state index contributed by atoms with van der Waals surface area (Å²) in [5.74, 6) is -0.917. The molecule has 1 N–H and O–H groups in total. The van der Waals surface area contributed by atoms with E-state index < -0.39 is 11.9 Å². The van der Waals surface area contributed by atoms with Gasteiger partial charge in [0.2, 0.25) is 0 Å². The third-order valence-corrected chi connectivity index (χ3v) is 6.72. The summed E-state index contributed by atoms with van der Waals surface area (Å²) in [5, 5.41) is 9.43. The van der Waals surface area contributed by atoms with Gasteiger partial charge in [0.05, 0.1) is 34.9 Å². The number of esters is 1. The first-order chi connectivity index (χ1) is 16.2. The van der Waals surface area contributed by atoms with Crippen LogP contribution in [0.2, 0.25) is 0 Å². The number of aromatic nitrogens is 3. The summed E-state index contributed by atoms with van der Waals surface area (Å²) in [5.41, 5.74) is 6.45. The Morgan fingerprint density at radius 3 is 2.44 bits per heavy atom. The molecule has 0 saturated carbocycles. The number of aryl methyl sites for hydroxylation is 3. The van der Waals surface area contributed by atoms with Crippen LogP contribution in [0.1, 0.15) is 43.6 Å². The maximum atomic E-state index is 12.7. The molecule has 3 aromatic heterocycles. The fourth-order valence-electron chi connectivity index (χ4n) is 3.95. The van der Waals surface area contributed by atoms with Crippen molar-refractivity contribution in [3.8, 4) is 5.69 Å². The molecule has 4 aromatic rings. The van der Waals surface area contributed by atoms with Crippen molar-refractivity contribution in [2.45, 2.75) is 41.2 Å². The molecule has 0 unspecified atom stereocenters. The van der Waals surface area contributed by atoms with Crippen LogP contribution in [-0.4, -0.2) is 32.8 Å². The molecule has 0 spiro atoms. The lowest BCUT2D eigenvalue weighted by Gasteiger charge is -2.09. The smallest absolute Gasteiger partial charge is 0.340 e. The number of nitrogens with one attached hydrogen (secondary N) is 1. The van der Waals surface area contributed by atoms with Crippen molar-refractivity contribution in [3.05, 3.63) is 86.6 Å². The van der Waals surface area contributed by atoms with Gasteiger partial charge in [0.15, 0.2) is 6.61 Å². The van der Waals surface area contributed by atoms with Crippen LogP contribution in [-0.2, 0) is 16.1 Å². The fraction of sp³-hybridized carbons (Fsp3) is 0.269. The predicted molar refractivity (Wildman–Crippen MR) is 134 cm³/mol. The summed E-state index contributed by atoms with van der Waals surface area (Å²) in [4.78, 5) is 26.5. The van der Waals surface area contributed by atoms with Gasteiger partial charge >= 0.3 is 5.97 Å². The Morgan fingerprint density at radius 2 is 1.76 bits per heavy atom. The van der Waals surface area contributed by atoms with E-state index in [2.05, 4.69) is 21.0 Å². The largest absolute Gasteiger partial charge is 0.452 e. The third-order valence-electron chi connectivity index (χ3n) is 5.86. The Hall–Kier alpha value is -3.65. The molecule has 7 nitrogen and oxygen atoms in total. The van der Waals surface area contributed by atoms with Gasteiger partial charge in [-0.05, 0) is 64.3 Å². The van der Waals surface area contributed by atoms with Gasteiger partial charge in [-0.1, -0.05) is 23.8 Å². The Kier molecular flexibility index (Phi) is 6.70. The van der Waals surface area contributed by atoms with Crippen molar-refractivity contribution in [3.63, 3.8) is 0 Å². The molecule has 0 atom stereocenters. The molecule has 176 valence electrons. The van der Waals surface area contributed by atoms with Gasteiger partial charge in [-0.15, -0.1) is 11.3 Å². The number of hydrogen-bond donors (Lipinski definition) is 1. The number of thiophene rings is 1. The van der Waals surface area contributed by atoms with Crippen LogP contribution in [0.3, 0.4) is 0 Å². The summed E-state index contributed by atoms with van der Waals surface area (Å²) in [6.45, 7) is 9.94. The van der Waals surface area contributed by atoms with E-state index >= 15 is 0 Å². The summed E-state index contributed by atoms with van der Waals surface area (Å²) in [6, 6.07) is 13.9. The zero-order valence-electron chi connectivity index (χ0n) is 20.0. The highest BCUT2D eigenvalue weighted by atomic mass is 32.1. The molecule has 8 heteroatoms. The number of anilines is 1. The van der Waals surface area contributed by atoms with Crippen LogP contribution in [0.25, 0.3) is 5.69 Å². The van der Waals surface area contributed by atoms with Gasteiger partial charge < -0.3 is 14.6 Å². The maximum absolute atomic E-state index is 12.7. The van der Waals surface area contributed by atoms with E-state index in [0.717, 1.165) is 28.3 Å². The van der Waals surface area contributed by atoms with Gasteiger partial charge in [0.25, 0.3) is 5.91 Å². The molecule has 34 heavy (non-hydrogen) atoms. The van der Waals surface area contributed by atoms with Crippen LogP contribution in [0, 0.1) is 34.6 Å². The zero-order valence-corrected chi connectivity index (χ0v) is 20.8. The number of carbonyl (C=O) groups excluding carboxylic acids is 2. The first-order valence-corrected chi connectivity index (χ1v) is 11.9. The van der Waals surface area contributed by atoms with E-state index in [1.54, 1.807) is 16.0 Å². The van der Waals surface area contributed by atoms with Crippen molar-refractivity contribution in [1.82, 2.24) is 14.3 Å². The van der Waals surface area contributed by atoms with Gasteiger partial charge in [0.1, 0.15) is 0 Å². The Balaban J connectivity index is 1.41. The first kappa shape index (κ1) is 23.5. The van der Waals surface area contributed by atoms with Crippen molar-refractivity contribution in [1.29, 1.82) is 0 Å². The molecule has 0 bridgehead atoms. The predicted octanol–water partition coefficient (Wildman–Crippen LogP) is 5.12. The summed E-state index contributed by atoms with van der Waals surface area (Å²) >= 11 is 1.67.